The van der Waals surface area contributed by atoms with E-state index in [0.717, 1.165) is 23.1 Å². The fraction of sp³-hybridized carbons (Fsp3) is 0.571. The zero-order valence-corrected chi connectivity index (χ0v) is 11.3. The minimum absolute atomic E-state index is 0.166. The SMILES string of the molecule is CC(C)CCc1ccc(OC(C)C)c(Cl)c1. The lowest BCUT2D eigenvalue weighted by Crippen LogP contribution is -2.06. The third-order valence-electron chi connectivity index (χ3n) is 2.37. The summed E-state index contributed by atoms with van der Waals surface area (Å²) < 4.78 is 5.59. The summed E-state index contributed by atoms with van der Waals surface area (Å²) in [5.41, 5.74) is 1.29. The number of ether oxygens (including phenoxy) is 1. The highest BCUT2D eigenvalue weighted by Crippen LogP contribution is 2.27. The van der Waals surface area contributed by atoms with Crippen LogP contribution in [0, 0.1) is 5.92 Å². The molecule has 0 amide bonds. The first kappa shape index (κ1) is 13.4. The lowest BCUT2D eigenvalue weighted by molar-refractivity contribution is 0.242. The van der Waals surface area contributed by atoms with Gasteiger partial charge in [-0.2, -0.15) is 0 Å². The Morgan fingerprint density at radius 3 is 2.38 bits per heavy atom. The van der Waals surface area contributed by atoms with Gasteiger partial charge in [0.15, 0.2) is 0 Å². The monoisotopic (exact) mass is 240 g/mol. The molecule has 0 aliphatic heterocycles. The van der Waals surface area contributed by atoms with Crippen LogP contribution in [-0.2, 0) is 6.42 Å². The van der Waals surface area contributed by atoms with E-state index in [2.05, 4.69) is 19.9 Å². The van der Waals surface area contributed by atoms with Crippen molar-refractivity contribution < 1.29 is 4.74 Å². The van der Waals surface area contributed by atoms with Gasteiger partial charge in [0.05, 0.1) is 11.1 Å². The van der Waals surface area contributed by atoms with Crippen LogP contribution in [0.4, 0.5) is 0 Å². The lowest BCUT2D eigenvalue weighted by atomic mass is 10.0. The first-order valence-corrected chi connectivity index (χ1v) is 6.32. The van der Waals surface area contributed by atoms with Gasteiger partial charge in [-0.3, -0.25) is 0 Å². The summed E-state index contributed by atoms with van der Waals surface area (Å²) in [5.74, 6) is 1.51. The van der Waals surface area contributed by atoms with Gasteiger partial charge in [0.2, 0.25) is 0 Å². The van der Waals surface area contributed by atoms with Crippen LogP contribution in [0.2, 0.25) is 5.02 Å². The van der Waals surface area contributed by atoms with Crippen LogP contribution in [-0.4, -0.2) is 6.10 Å². The first-order chi connectivity index (χ1) is 7.49. The van der Waals surface area contributed by atoms with Crippen LogP contribution < -0.4 is 4.74 Å². The van der Waals surface area contributed by atoms with Crippen molar-refractivity contribution in [2.75, 3.05) is 0 Å². The Balaban J connectivity index is 2.67. The van der Waals surface area contributed by atoms with Crippen molar-refractivity contribution in [1.29, 1.82) is 0 Å². The number of hydrogen-bond acceptors (Lipinski definition) is 1. The Morgan fingerprint density at radius 1 is 1.19 bits per heavy atom. The molecule has 0 heterocycles. The highest BCUT2D eigenvalue weighted by atomic mass is 35.5. The number of hydrogen-bond donors (Lipinski definition) is 0. The molecule has 0 unspecified atom stereocenters. The van der Waals surface area contributed by atoms with E-state index < -0.39 is 0 Å². The quantitative estimate of drug-likeness (QED) is 0.724. The lowest BCUT2D eigenvalue weighted by Gasteiger charge is -2.12. The Morgan fingerprint density at radius 2 is 1.88 bits per heavy atom. The molecule has 16 heavy (non-hydrogen) atoms. The van der Waals surface area contributed by atoms with Crippen LogP contribution in [0.1, 0.15) is 39.7 Å². The number of benzene rings is 1. The topological polar surface area (TPSA) is 9.23 Å². The third-order valence-corrected chi connectivity index (χ3v) is 2.66. The van der Waals surface area contributed by atoms with Crippen molar-refractivity contribution >= 4 is 11.6 Å². The van der Waals surface area contributed by atoms with E-state index >= 15 is 0 Å². The highest BCUT2D eigenvalue weighted by molar-refractivity contribution is 6.32. The number of halogens is 1. The molecule has 1 rings (SSSR count). The molecule has 0 spiro atoms. The summed E-state index contributed by atoms with van der Waals surface area (Å²) in [4.78, 5) is 0. The van der Waals surface area contributed by atoms with Crippen LogP contribution in [0.25, 0.3) is 0 Å². The average molecular weight is 241 g/mol. The Labute approximate surface area is 104 Å². The minimum atomic E-state index is 0.166. The van der Waals surface area contributed by atoms with Gasteiger partial charge < -0.3 is 4.74 Å². The van der Waals surface area contributed by atoms with Crippen molar-refractivity contribution in [3.63, 3.8) is 0 Å². The van der Waals surface area contributed by atoms with Crippen molar-refractivity contribution in [3.05, 3.63) is 28.8 Å². The molecule has 0 saturated carbocycles. The Bertz CT molecular complexity index is 332. The Kier molecular flexibility index (Phi) is 5.14. The molecule has 0 aliphatic rings. The molecular weight excluding hydrogens is 220 g/mol. The van der Waals surface area contributed by atoms with Gasteiger partial charge in [0.1, 0.15) is 5.75 Å². The van der Waals surface area contributed by atoms with Crippen LogP contribution in [0.3, 0.4) is 0 Å². The minimum Gasteiger partial charge on any atom is -0.489 e. The highest BCUT2D eigenvalue weighted by Gasteiger charge is 2.05. The smallest absolute Gasteiger partial charge is 0.138 e. The van der Waals surface area contributed by atoms with E-state index in [1.54, 1.807) is 0 Å². The van der Waals surface area contributed by atoms with E-state index in [0.29, 0.717) is 0 Å². The predicted molar refractivity (Wildman–Crippen MR) is 70.4 cm³/mol. The van der Waals surface area contributed by atoms with Gasteiger partial charge in [-0.15, -0.1) is 0 Å². The molecule has 1 aromatic rings. The summed E-state index contributed by atoms with van der Waals surface area (Å²) in [6, 6.07) is 6.09. The van der Waals surface area contributed by atoms with E-state index in [1.165, 1.54) is 12.0 Å². The molecule has 0 atom stereocenters. The van der Waals surface area contributed by atoms with E-state index in [-0.39, 0.29) is 6.10 Å². The fourth-order valence-corrected chi connectivity index (χ4v) is 1.75. The molecule has 2 heteroatoms. The summed E-state index contributed by atoms with van der Waals surface area (Å²) in [7, 11) is 0. The van der Waals surface area contributed by atoms with Crippen molar-refractivity contribution in [1.82, 2.24) is 0 Å². The van der Waals surface area contributed by atoms with Crippen molar-refractivity contribution in [2.24, 2.45) is 5.92 Å². The van der Waals surface area contributed by atoms with Gasteiger partial charge in [-0.1, -0.05) is 31.5 Å². The van der Waals surface area contributed by atoms with E-state index in [1.807, 2.05) is 26.0 Å². The second kappa shape index (κ2) is 6.15. The van der Waals surface area contributed by atoms with Gasteiger partial charge in [0.25, 0.3) is 0 Å². The van der Waals surface area contributed by atoms with Gasteiger partial charge in [-0.05, 0) is 50.3 Å². The average Bonchev–Trinajstić information content (AvgIpc) is 2.18. The normalized spacial score (nSPS) is 11.2. The zero-order valence-electron chi connectivity index (χ0n) is 10.6. The fourth-order valence-electron chi connectivity index (χ4n) is 1.50. The Hall–Kier alpha value is -0.690. The van der Waals surface area contributed by atoms with Crippen LogP contribution in [0.15, 0.2) is 18.2 Å². The molecule has 90 valence electrons. The zero-order chi connectivity index (χ0) is 12.1. The van der Waals surface area contributed by atoms with Gasteiger partial charge in [-0.25, -0.2) is 0 Å². The molecule has 0 N–H and O–H groups in total. The summed E-state index contributed by atoms with van der Waals surface area (Å²) in [5, 5.41) is 0.718. The predicted octanol–water partition coefficient (Wildman–Crippen LogP) is 4.72. The van der Waals surface area contributed by atoms with Gasteiger partial charge in [0, 0.05) is 0 Å². The maximum Gasteiger partial charge on any atom is 0.138 e. The second-order valence-corrected chi connectivity index (χ2v) is 5.27. The summed E-state index contributed by atoms with van der Waals surface area (Å²) >= 11 is 6.16. The van der Waals surface area contributed by atoms with E-state index in [9.17, 15) is 0 Å². The number of aryl methyl sites for hydroxylation is 1. The molecular formula is C14H21ClO. The molecule has 1 aromatic carbocycles. The molecule has 0 aliphatic carbocycles. The first-order valence-electron chi connectivity index (χ1n) is 5.94. The van der Waals surface area contributed by atoms with Crippen molar-refractivity contribution in [3.8, 4) is 5.75 Å². The number of rotatable bonds is 5. The summed E-state index contributed by atoms with van der Waals surface area (Å²) in [6.07, 6.45) is 2.44. The van der Waals surface area contributed by atoms with E-state index in [4.69, 9.17) is 16.3 Å². The standard InChI is InChI=1S/C14H21ClO/c1-10(2)5-6-12-7-8-14(13(15)9-12)16-11(3)4/h7-11H,5-6H2,1-4H3. The maximum absolute atomic E-state index is 6.16. The molecule has 0 fully saturated rings. The second-order valence-electron chi connectivity index (χ2n) is 4.86. The maximum atomic E-state index is 6.16. The van der Waals surface area contributed by atoms with Crippen molar-refractivity contribution in [2.45, 2.75) is 46.6 Å². The third kappa shape index (κ3) is 4.44. The summed E-state index contributed by atoms with van der Waals surface area (Å²) in [6.45, 7) is 8.47. The molecule has 1 nitrogen and oxygen atoms in total. The largest absolute Gasteiger partial charge is 0.489 e. The molecule has 0 radical (unpaired) electrons. The van der Waals surface area contributed by atoms with Crippen LogP contribution >= 0.6 is 11.6 Å². The molecule has 0 bridgehead atoms. The molecule has 0 aromatic heterocycles. The molecule has 0 saturated heterocycles. The van der Waals surface area contributed by atoms with Crippen LogP contribution in [0.5, 0.6) is 5.75 Å². The van der Waals surface area contributed by atoms with Gasteiger partial charge >= 0.3 is 0 Å².